The zero-order valence-electron chi connectivity index (χ0n) is 11.1. The van der Waals surface area contributed by atoms with Gasteiger partial charge in [0, 0.05) is 17.1 Å². The van der Waals surface area contributed by atoms with Gasteiger partial charge in [0.25, 0.3) is 0 Å². The fourth-order valence-electron chi connectivity index (χ4n) is 2.72. The second-order valence-corrected chi connectivity index (χ2v) is 5.96. The maximum atomic E-state index is 3.50. The van der Waals surface area contributed by atoms with E-state index in [-0.39, 0.29) is 11.1 Å². The Morgan fingerprint density at radius 3 is 2.00 bits per heavy atom. The summed E-state index contributed by atoms with van der Waals surface area (Å²) in [7, 11) is 2.24. The first kappa shape index (κ1) is 12.6. The molecule has 15 heavy (non-hydrogen) atoms. The van der Waals surface area contributed by atoms with E-state index in [0.717, 1.165) is 0 Å². The number of allylic oxidation sites excluding steroid dienone is 1. The lowest BCUT2D eigenvalue weighted by atomic mass is 9.77. The maximum Gasteiger partial charge on any atom is 0.0290 e. The Bertz CT molecular complexity index is 223. The van der Waals surface area contributed by atoms with Gasteiger partial charge in [0.2, 0.25) is 0 Å². The summed E-state index contributed by atoms with van der Waals surface area (Å²) in [4.78, 5) is 2.51. The maximum absolute atomic E-state index is 3.50. The van der Waals surface area contributed by atoms with Crippen LogP contribution in [0.15, 0.2) is 12.3 Å². The van der Waals surface area contributed by atoms with E-state index in [1.165, 1.54) is 12.8 Å². The molecule has 0 aromatic heterocycles. The van der Waals surface area contributed by atoms with Crippen molar-refractivity contribution in [3.05, 3.63) is 12.3 Å². The van der Waals surface area contributed by atoms with Gasteiger partial charge >= 0.3 is 0 Å². The van der Waals surface area contributed by atoms with Gasteiger partial charge in [0.05, 0.1) is 0 Å². The van der Waals surface area contributed by atoms with Crippen molar-refractivity contribution < 1.29 is 0 Å². The summed E-state index contributed by atoms with van der Waals surface area (Å²) in [6, 6.07) is 0.599. The number of nitrogens with one attached hydrogen (secondary N) is 1. The lowest BCUT2D eigenvalue weighted by molar-refractivity contribution is -0.0157. The molecule has 0 unspecified atom stereocenters. The second kappa shape index (κ2) is 4.17. The number of hydrogen-bond acceptors (Lipinski definition) is 2. The van der Waals surface area contributed by atoms with E-state index in [2.05, 4.69) is 64.2 Å². The van der Waals surface area contributed by atoms with Gasteiger partial charge in [-0.2, -0.15) is 0 Å². The highest BCUT2D eigenvalue weighted by Crippen LogP contribution is 2.36. The Morgan fingerprint density at radius 1 is 1.13 bits per heavy atom. The third-order valence-corrected chi connectivity index (χ3v) is 3.81. The van der Waals surface area contributed by atoms with Crippen molar-refractivity contribution in [2.24, 2.45) is 0 Å². The number of rotatable bonds is 2. The molecule has 0 aromatic rings. The molecule has 0 bridgehead atoms. The SMILES string of the molecule is CC=CNC1CC(C)(C)N(C)C(C)(C)C1. The molecule has 2 heteroatoms. The zero-order valence-corrected chi connectivity index (χ0v) is 11.1. The minimum Gasteiger partial charge on any atom is -0.388 e. The Kier molecular flexibility index (Phi) is 3.49. The van der Waals surface area contributed by atoms with Crippen LogP contribution >= 0.6 is 0 Å². The van der Waals surface area contributed by atoms with Gasteiger partial charge in [0.15, 0.2) is 0 Å². The predicted octanol–water partition coefficient (Wildman–Crippen LogP) is 2.76. The number of hydrogen-bond donors (Lipinski definition) is 1. The number of nitrogens with zero attached hydrogens (tertiary/aromatic N) is 1. The van der Waals surface area contributed by atoms with Crippen LogP contribution in [0.1, 0.15) is 47.5 Å². The highest BCUT2D eigenvalue weighted by Gasteiger charge is 2.42. The van der Waals surface area contributed by atoms with Crippen molar-refractivity contribution in [2.75, 3.05) is 7.05 Å². The van der Waals surface area contributed by atoms with Crippen molar-refractivity contribution in [3.63, 3.8) is 0 Å². The lowest BCUT2D eigenvalue weighted by Crippen LogP contribution is -2.61. The minimum atomic E-state index is 0.279. The topological polar surface area (TPSA) is 15.3 Å². The molecule has 0 aromatic carbocycles. The summed E-state index contributed by atoms with van der Waals surface area (Å²) in [5, 5.41) is 3.50. The molecular formula is C13H26N2. The fourth-order valence-corrected chi connectivity index (χ4v) is 2.72. The van der Waals surface area contributed by atoms with Gasteiger partial charge < -0.3 is 5.32 Å². The van der Waals surface area contributed by atoms with Gasteiger partial charge in [-0.05, 0) is 60.7 Å². The molecule has 0 aliphatic carbocycles. The third kappa shape index (κ3) is 2.75. The van der Waals surface area contributed by atoms with Crippen molar-refractivity contribution in [1.82, 2.24) is 10.2 Å². The first-order valence-electron chi connectivity index (χ1n) is 5.91. The van der Waals surface area contributed by atoms with Crippen LogP contribution in [0.3, 0.4) is 0 Å². The Hall–Kier alpha value is -0.500. The van der Waals surface area contributed by atoms with E-state index in [1.54, 1.807) is 0 Å². The molecule has 1 aliphatic heterocycles. The van der Waals surface area contributed by atoms with Crippen molar-refractivity contribution in [2.45, 2.75) is 64.6 Å². The molecule has 0 spiro atoms. The standard InChI is InChI=1S/C13H26N2/c1-7-8-14-11-9-12(2,3)15(6)13(4,5)10-11/h7-8,11,14H,9-10H2,1-6H3. The van der Waals surface area contributed by atoms with Crippen LogP contribution in [0.2, 0.25) is 0 Å². The van der Waals surface area contributed by atoms with Gasteiger partial charge in [0.1, 0.15) is 0 Å². The molecular weight excluding hydrogens is 184 g/mol. The molecule has 1 aliphatic rings. The van der Waals surface area contributed by atoms with Crippen LogP contribution in [0.4, 0.5) is 0 Å². The van der Waals surface area contributed by atoms with Gasteiger partial charge in [-0.15, -0.1) is 0 Å². The minimum absolute atomic E-state index is 0.279. The molecule has 2 nitrogen and oxygen atoms in total. The van der Waals surface area contributed by atoms with Crippen molar-refractivity contribution in [1.29, 1.82) is 0 Å². The highest BCUT2D eigenvalue weighted by atomic mass is 15.2. The molecule has 0 amide bonds. The van der Waals surface area contributed by atoms with E-state index in [9.17, 15) is 0 Å². The Labute approximate surface area is 94.7 Å². The van der Waals surface area contributed by atoms with E-state index in [4.69, 9.17) is 0 Å². The first-order chi connectivity index (χ1) is 6.79. The fraction of sp³-hybridized carbons (Fsp3) is 0.846. The van der Waals surface area contributed by atoms with Gasteiger partial charge in [-0.25, -0.2) is 0 Å². The van der Waals surface area contributed by atoms with Crippen LogP contribution in [-0.2, 0) is 0 Å². The predicted molar refractivity (Wildman–Crippen MR) is 66.9 cm³/mol. The van der Waals surface area contributed by atoms with Gasteiger partial charge in [-0.1, -0.05) is 6.08 Å². The number of piperidine rings is 1. The summed E-state index contributed by atoms with van der Waals surface area (Å²) >= 11 is 0. The molecule has 1 N–H and O–H groups in total. The van der Waals surface area contributed by atoms with Gasteiger partial charge in [-0.3, -0.25) is 4.90 Å². The lowest BCUT2D eigenvalue weighted by Gasteiger charge is -2.53. The van der Waals surface area contributed by atoms with Crippen molar-refractivity contribution in [3.8, 4) is 0 Å². The van der Waals surface area contributed by atoms with Crippen LogP contribution in [-0.4, -0.2) is 29.1 Å². The van der Waals surface area contributed by atoms with Crippen LogP contribution in [0.25, 0.3) is 0 Å². The Balaban J connectivity index is 2.75. The summed E-state index contributed by atoms with van der Waals surface area (Å²) in [6.07, 6.45) is 6.55. The van der Waals surface area contributed by atoms with E-state index in [0.29, 0.717) is 6.04 Å². The Morgan fingerprint density at radius 2 is 1.60 bits per heavy atom. The average molecular weight is 210 g/mol. The molecule has 1 fully saturated rings. The van der Waals surface area contributed by atoms with Crippen LogP contribution in [0, 0.1) is 0 Å². The molecule has 1 saturated heterocycles. The highest BCUT2D eigenvalue weighted by molar-refractivity contribution is 5.01. The zero-order chi connectivity index (χ0) is 11.7. The smallest absolute Gasteiger partial charge is 0.0290 e. The summed E-state index contributed by atoms with van der Waals surface area (Å²) < 4.78 is 0. The molecule has 0 saturated carbocycles. The van der Waals surface area contributed by atoms with E-state index >= 15 is 0 Å². The molecule has 1 rings (SSSR count). The third-order valence-electron chi connectivity index (χ3n) is 3.81. The summed E-state index contributed by atoms with van der Waals surface area (Å²) in [5.41, 5.74) is 0.558. The molecule has 0 radical (unpaired) electrons. The van der Waals surface area contributed by atoms with E-state index in [1.807, 2.05) is 0 Å². The molecule has 88 valence electrons. The van der Waals surface area contributed by atoms with Crippen LogP contribution < -0.4 is 5.32 Å². The molecule has 0 atom stereocenters. The normalized spacial score (nSPS) is 27.1. The summed E-state index contributed by atoms with van der Waals surface area (Å²) in [5.74, 6) is 0. The summed E-state index contributed by atoms with van der Waals surface area (Å²) in [6.45, 7) is 11.4. The molecule has 1 heterocycles. The van der Waals surface area contributed by atoms with E-state index < -0.39 is 0 Å². The number of likely N-dealkylation sites (tertiary alicyclic amines) is 1. The average Bonchev–Trinajstić information content (AvgIpc) is 2.10. The first-order valence-corrected chi connectivity index (χ1v) is 5.91. The second-order valence-electron chi connectivity index (χ2n) is 5.96. The largest absolute Gasteiger partial charge is 0.388 e. The quantitative estimate of drug-likeness (QED) is 0.754. The monoisotopic (exact) mass is 210 g/mol. The van der Waals surface area contributed by atoms with Crippen molar-refractivity contribution >= 4 is 0 Å². The van der Waals surface area contributed by atoms with Crippen LogP contribution in [0.5, 0.6) is 0 Å².